The Bertz CT molecular complexity index is 473. The van der Waals surface area contributed by atoms with E-state index < -0.39 is 11.8 Å². The van der Waals surface area contributed by atoms with Crippen molar-refractivity contribution in [1.29, 1.82) is 0 Å². The van der Waals surface area contributed by atoms with Crippen LogP contribution in [-0.2, 0) is 9.59 Å². The highest BCUT2D eigenvalue weighted by Crippen LogP contribution is 2.11. The van der Waals surface area contributed by atoms with E-state index in [9.17, 15) is 9.59 Å². The molecule has 1 rings (SSSR count). The van der Waals surface area contributed by atoms with Gasteiger partial charge in [0.25, 0.3) is 0 Å². The Kier molecular flexibility index (Phi) is 6.23. The molecule has 0 aromatic heterocycles. The van der Waals surface area contributed by atoms with Crippen molar-refractivity contribution in [3.63, 3.8) is 0 Å². The van der Waals surface area contributed by atoms with Gasteiger partial charge in [0.05, 0.1) is 6.04 Å². The van der Waals surface area contributed by atoms with Crippen LogP contribution in [0.4, 0.5) is 0 Å². The molecule has 0 bridgehead atoms. The first-order valence-electron chi connectivity index (χ1n) is 6.46. The molecule has 0 aliphatic rings. The zero-order valence-electron chi connectivity index (χ0n) is 11.7. The quantitative estimate of drug-likeness (QED) is 0.636. The van der Waals surface area contributed by atoms with Crippen LogP contribution in [-0.4, -0.2) is 29.8 Å². The molecule has 106 valence electrons. The lowest BCUT2D eigenvalue weighted by molar-refractivity contribution is -0.145. The molecule has 0 radical (unpaired) electrons. The van der Waals surface area contributed by atoms with Crippen molar-refractivity contribution < 1.29 is 9.59 Å². The van der Waals surface area contributed by atoms with E-state index in [1.807, 2.05) is 37.3 Å². The first-order chi connectivity index (χ1) is 9.60. The van der Waals surface area contributed by atoms with Gasteiger partial charge in [-0.1, -0.05) is 42.5 Å². The lowest BCUT2D eigenvalue weighted by Crippen LogP contribution is -2.43. The molecule has 1 N–H and O–H groups in total. The third kappa shape index (κ3) is 4.39. The van der Waals surface area contributed by atoms with Crippen molar-refractivity contribution in [3.05, 3.63) is 61.2 Å². The van der Waals surface area contributed by atoms with E-state index >= 15 is 0 Å². The van der Waals surface area contributed by atoms with E-state index in [1.165, 1.54) is 4.90 Å². The average Bonchev–Trinajstić information content (AvgIpc) is 2.47. The standard InChI is InChI=1S/C16H20N2O2/c1-4-11-18(12-5-2)16(20)15(19)17-13(3)14-9-7-6-8-10-14/h4-10,13H,1-2,11-12H2,3H3,(H,17,19). The lowest BCUT2D eigenvalue weighted by atomic mass is 10.1. The molecule has 2 amide bonds. The molecule has 1 unspecified atom stereocenters. The van der Waals surface area contributed by atoms with Gasteiger partial charge in [-0.25, -0.2) is 0 Å². The maximum Gasteiger partial charge on any atom is 0.312 e. The van der Waals surface area contributed by atoms with Crippen molar-refractivity contribution in [2.75, 3.05) is 13.1 Å². The van der Waals surface area contributed by atoms with Crippen LogP contribution in [0.25, 0.3) is 0 Å². The molecule has 1 atom stereocenters. The summed E-state index contributed by atoms with van der Waals surface area (Å²) in [4.78, 5) is 25.3. The van der Waals surface area contributed by atoms with Crippen molar-refractivity contribution in [2.45, 2.75) is 13.0 Å². The molecule has 1 aromatic rings. The van der Waals surface area contributed by atoms with Crippen molar-refractivity contribution >= 4 is 11.8 Å². The second-order valence-corrected chi connectivity index (χ2v) is 4.39. The van der Waals surface area contributed by atoms with Crippen LogP contribution in [0.15, 0.2) is 55.6 Å². The van der Waals surface area contributed by atoms with Crippen LogP contribution in [0.3, 0.4) is 0 Å². The number of carbonyl (C=O) groups excluding carboxylic acids is 2. The van der Waals surface area contributed by atoms with Gasteiger partial charge in [0, 0.05) is 13.1 Å². The predicted molar refractivity (Wildman–Crippen MR) is 80.0 cm³/mol. The number of amides is 2. The fourth-order valence-corrected chi connectivity index (χ4v) is 1.78. The smallest absolute Gasteiger partial charge is 0.312 e. The van der Waals surface area contributed by atoms with Crippen LogP contribution in [0, 0.1) is 0 Å². The number of hydrogen-bond donors (Lipinski definition) is 1. The first kappa shape index (κ1) is 15.7. The highest BCUT2D eigenvalue weighted by atomic mass is 16.2. The van der Waals surface area contributed by atoms with Gasteiger partial charge in [-0.3, -0.25) is 9.59 Å². The number of carbonyl (C=O) groups is 2. The monoisotopic (exact) mass is 272 g/mol. The van der Waals surface area contributed by atoms with Gasteiger partial charge >= 0.3 is 11.8 Å². The van der Waals surface area contributed by atoms with E-state index in [-0.39, 0.29) is 6.04 Å². The maximum absolute atomic E-state index is 12.0. The molecule has 1 aromatic carbocycles. The van der Waals surface area contributed by atoms with Gasteiger partial charge in [0.15, 0.2) is 0 Å². The lowest BCUT2D eigenvalue weighted by Gasteiger charge is -2.20. The number of nitrogens with one attached hydrogen (secondary N) is 1. The Morgan fingerprint density at radius 1 is 1.20 bits per heavy atom. The summed E-state index contributed by atoms with van der Waals surface area (Å²) in [5, 5.41) is 2.69. The normalized spacial score (nSPS) is 11.2. The Balaban J connectivity index is 2.67. The molecule has 0 spiro atoms. The molecular formula is C16H20N2O2. The zero-order valence-corrected chi connectivity index (χ0v) is 11.7. The van der Waals surface area contributed by atoms with E-state index in [0.717, 1.165) is 5.56 Å². The Morgan fingerprint density at radius 2 is 1.75 bits per heavy atom. The molecule has 20 heavy (non-hydrogen) atoms. The summed E-state index contributed by atoms with van der Waals surface area (Å²) in [5.41, 5.74) is 0.952. The van der Waals surface area contributed by atoms with Crippen LogP contribution < -0.4 is 5.32 Å². The highest BCUT2D eigenvalue weighted by molar-refractivity contribution is 6.35. The molecule has 0 aliphatic heterocycles. The second-order valence-electron chi connectivity index (χ2n) is 4.39. The minimum atomic E-state index is -0.620. The molecule has 0 saturated heterocycles. The van der Waals surface area contributed by atoms with Crippen LogP contribution in [0.5, 0.6) is 0 Å². The van der Waals surface area contributed by atoms with Gasteiger partial charge in [0.1, 0.15) is 0 Å². The topological polar surface area (TPSA) is 49.4 Å². The SMILES string of the molecule is C=CCN(CC=C)C(=O)C(=O)NC(C)c1ccccc1. The van der Waals surface area contributed by atoms with Crippen LogP contribution in [0.2, 0.25) is 0 Å². The van der Waals surface area contributed by atoms with Gasteiger partial charge < -0.3 is 10.2 Å². The van der Waals surface area contributed by atoms with E-state index in [2.05, 4.69) is 18.5 Å². The Hall–Kier alpha value is -2.36. The van der Waals surface area contributed by atoms with E-state index in [1.54, 1.807) is 12.2 Å². The van der Waals surface area contributed by atoms with Gasteiger partial charge in [0.2, 0.25) is 0 Å². The largest absolute Gasteiger partial charge is 0.341 e. The third-order valence-electron chi connectivity index (χ3n) is 2.83. The Morgan fingerprint density at radius 3 is 2.25 bits per heavy atom. The highest BCUT2D eigenvalue weighted by Gasteiger charge is 2.21. The van der Waals surface area contributed by atoms with Gasteiger partial charge in [-0.2, -0.15) is 0 Å². The number of hydrogen-bond acceptors (Lipinski definition) is 2. The third-order valence-corrected chi connectivity index (χ3v) is 2.83. The molecule has 4 nitrogen and oxygen atoms in total. The summed E-state index contributed by atoms with van der Waals surface area (Å²) in [6.07, 6.45) is 3.16. The first-order valence-corrected chi connectivity index (χ1v) is 6.46. The minimum absolute atomic E-state index is 0.220. The summed E-state index contributed by atoms with van der Waals surface area (Å²) in [6.45, 7) is 9.62. The number of nitrogens with zero attached hydrogens (tertiary/aromatic N) is 1. The fraction of sp³-hybridized carbons (Fsp3) is 0.250. The van der Waals surface area contributed by atoms with Crippen LogP contribution in [0.1, 0.15) is 18.5 Å². The molecule has 0 saturated carbocycles. The fourth-order valence-electron chi connectivity index (χ4n) is 1.78. The summed E-state index contributed by atoms with van der Waals surface area (Å²) in [5.74, 6) is -1.20. The summed E-state index contributed by atoms with van der Waals surface area (Å²) in [7, 11) is 0. The van der Waals surface area contributed by atoms with E-state index in [0.29, 0.717) is 13.1 Å². The van der Waals surface area contributed by atoms with Gasteiger partial charge in [-0.15, -0.1) is 13.2 Å². The molecule has 0 aliphatic carbocycles. The van der Waals surface area contributed by atoms with Crippen molar-refractivity contribution in [3.8, 4) is 0 Å². The molecule has 0 fully saturated rings. The molecule has 4 heteroatoms. The molecular weight excluding hydrogens is 252 g/mol. The number of rotatable bonds is 6. The van der Waals surface area contributed by atoms with Crippen molar-refractivity contribution in [2.24, 2.45) is 0 Å². The van der Waals surface area contributed by atoms with E-state index in [4.69, 9.17) is 0 Å². The summed E-state index contributed by atoms with van der Waals surface area (Å²) in [6, 6.07) is 9.27. The maximum atomic E-state index is 12.0. The Labute approximate surface area is 119 Å². The average molecular weight is 272 g/mol. The second kappa shape index (κ2) is 7.94. The zero-order chi connectivity index (χ0) is 15.0. The van der Waals surface area contributed by atoms with Gasteiger partial charge in [-0.05, 0) is 12.5 Å². The van der Waals surface area contributed by atoms with Crippen molar-refractivity contribution in [1.82, 2.24) is 10.2 Å². The number of benzene rings is 1. The van der Waals surface area contributed by atoms with Crippen LogP contribution >= 0.6 is 0 Å². The predicted octanol–water partition coefficient (Wildman–Crippen LogP) is 2.06. The summed E-state index contributed by atoms with van der Waals surface area (Å²) < 4.78 is 0. The molecule has 0 heterocycles. The minimum Gasteiger partial charge on any atom is -0.341 e. The summed E-state index contributed by atoms with van der Waals surface area (Å²) >= 11 is 0.